The molecule has 3 aromatic rings. The first kappa shape index (κ1) is 21.2. The van der Waals surface area contributed by atoms with Crippen LogP contribution in [0.4, 0.5) is 11.4 Å². The number of anilines is 1. The average molecular weight is 449 g/mol. The Hall–Kier alpha value is -2.54. The predicted molar refractivity (Wildman–Crippen MR) is 119 cm³/mol. The van der Waals surface area contributed by atoms with Gasteiger partial charge in [-0.05, 0) is 73.5 Å². The number of aryl methyl sites for hydroxylation is 2. The van der Waals surface area contributed by atoms with Gasteiger partial charge in [-0.2, -0.15) is 0 Å². The summed E-state index contributed by atoms with van der Waals surface area (Å²) >= 11 is 11.8. The van der Waals surface area contributed by atoms with Crippen LogP contribution in [0.5, 0.6) is 5.75 Å². The lowest BCUT2D eigenvalue weighted by Crippen LogP contribution is -2.13. The first-order valence-electron chi connectivity index (χ1n) is 8.57. The zero-order chi connectivity index (χ0) is 21.2. The largest absolute Gasteiger partial charge is 0.506 e. The molecule has 0 aliphatic heterocycles. The van der Waals surface area contributed by atoms with E-state index in [0.717, 1.165) is 11.1 Å². The third-order valence-electron chi connectivity index (χ3n) is 4.03. The van der Waals surface area contributed by atoms with Gasteiger partial charge in [0.1, 0.15) is 5.75 Å². The van der Waals surface area contributed by atoms with Crippen molar-refractivity contribution in [3.8, 4) is 5.75 Å². The van der Waals surface area contributed by atoms with Gasteiger partial charge in [-0.15, -0.1) is 0 Å². The summed E-state index contributed by atoms with van der Waals surface area (Å²) in [7, 11) is -3.73. The second kappa shape index (κ2) is 8.45. The van der Waals surface area contributed by atoms with Crippen molar-refractivity contribution >= 4 is 50.8 Å². The van der Waals surface area contributed by atoms with E-state index in [9.17, 15) is 13.5 Å². The zero-order valence-electron chi connectivity index (χ0n) is 15.6. The van der Waals surface area contributed by atoms with Crippen molar-refractivity contribution in [2.75, 3.05) is 4.72 Å². The fourth-order valence-electron chi connectivity index (χ4n) is 2.79. The van der Waals surface area contributed by atoms with Crippen LogP contribution in [0.1, 0.15) is 16.7 Å². The second-order valence-corrected chi connectivity index (χ2v) is 9.09. The van der Waals surface area contributed by atoms with Crippen molar-refractivity contribution in [2.45, 2.75) is 18.7 Å². The molecule has 0 saturated carbocycles. The van der Waals surface area contributed by atoms with E-state index < -0.39 is 10.0 Å². The number of aromatic hydroxyl groups is 1. The summed E-state index contributed by atoms with van der Waals surface area (Å²) in [6, 6.07) is 14.5. The normalized spacial score (nSPS) is 11.7. The highest BCUT2D eigenvalue weighted by Crippen LogP contribution is 2.30. The second-order valence-electron chi connectivity index (χ2n) is 6.56. The number of nitrogens with one attached hydrogen (secondary N) is 1. The van der Waals surface area contributed by atoms with Gasteiger partial charge < -0.3 is 5.11 Å². The Balaban J connectivity index is 1.81. The molecule has 0 amide bonds. The van der Waals surface area contributed by atoms with Gasteiger partial charge in [0.2, 0.25) is 0 Å². The zero-order valence-corrected chi connectivity index (χ0v) is 18.0. The molecular weight excluding hydrogens is 431 g/mol. The molecule has 3 rings (SSSR count). The summed E-state index contributed by atoms with van der Waals surface area (Å²) in [5, 5.41) is 10.5. The van der Waals surface area contributed by atoms with E-state index in [1.54, 1.807) is 24.3 Å². The molecule has 150 valence electrons. The summed E-state index contributed by atoms with van der Waals surface area (Å²) in [4.78, 5) is 4.35. The van der Waals surface area contributed by atoms with Crippen molar-refractivity contribution < 1.29 is 13.5 Å². The molecule has 8 heteroatoms. The highest BCUT2D eigenvalue weighted by atomic mass is 35.5. The van der Waals surface area contributed by atoms with Gasteiger partial charge >= 0.3 is 0 Å². The summed E-state index contributed by atoms with van der Waals surface area (Å²) in [6.45, 7) is 3.81. The number of phenolic OH excluding ortho intramolecular Hbond substituents is 1. The Bertz CT molecular complexity index is 1170. The average Bonchev–Trinajstić information content (AvgIpc) is 2.62. The molecule has 0 heterocycles. The van der Waals surface area contributed by atoms with Crippen LogP contribution in [-0.4, -0.2) is 19.7 Å². The lowest BCUT2D eigenvalue weighted by Gasteiger charge is -2.10. The van der Waals surface area contributed by atoms with Gasteiger partial charge in [0, 0.05) is 22.5 Å². The molecule has 0 atom stereocenters. The minimum absolute atomic E-state index is 0.115. The van der Waals surface area contributed by atoms with Crippen LogP contribution in [0.2, 0.25) is 10.0 Å². The number of halogens is 2. The fourth-order valence-corrected chi connectivity index (χ4v) is 4.34. The summed E-state index contributed by atoms with van der Waals surface area (Å²) in [5.41, 5.74) is 3.31. The Morgan fingerprint density at radius 1 is 0.966 bits per heavy atom. The van der Waals surface area contributed by atoms with E-state index in [4.69, 9.17) is 23.2 Å². The first-order chi connectivity index (χ1) is 13.6. The van der Waals surface area contributed by atoms with E-state index in [1.807, 2.05) is 19.9 Å². The Labute approximate surface area is 179 Å². The molecular formula is C21H18Cl2N2O3S. The predicted octanol–water partition coefficient (Wildman–Crippen LogP) is 5.87. The minimum Gasteiger partial charge on any atom is -0.506 e. The van der Waals surface area contributed by atoms with Gasteiger partial charge in [-0.3, -0.25) is 9.71 Å². The van der Waals surface area contributed by atoms with Crippen molar-refractivity contribution in [1.29, 1.82) is 0 Å². The SMILES string of the molecule is Cc1cc(C)cc(NS(=O)(=O)c2ccc(N=Cc3cc(Cl)cc(Cl)c3O)cc2)c1. The number of rotatable bonds is 5. The van der Waals surface area contributed by atoms with E-state index >= 15 is 0 Å². The maximum absolute atomic E-state index is 12.6. The van der Waals surface area contributed by atoms with E-state index in [-0.39, 0.29) is 15.7 Å². The fraction of sp³-hybridized carbons (Fsp3) is 0.0952. The van der Waals surface area contributed by atoms with E-state index in [2.05, 4.69) is 9.71 Å². The highest BCUT2D eigenvalue weighted by Gasteiger charge is 2.14. The number of sulfonamides is 1. The molecule has 0 aliphatic rings. The van der Waals surface area contributed by atoms with Crippen molar-refractivity contribution in [1.82, 2.24) is 0 Å². The number of hydrogen-bond donors (Lipinski definition) is 2. The molecule has 0 bridgehead atoms. The van der Waals surface area contributed by atoms with Crippen molar-refractivity contribution in [3.63, 3.8) is 0 Å². The van der Waals surface area contributed by atoms with Crippen LogP contribution in [0.3, 0.4) is 0 Å². The molecule has 0 spiro atoms. The minimum atomic E-state index is -3.73. The molecule has 29 heavy (non-hydrogen) atoms. The molecule has 3 aromatic carbocycles. The molecule has 0 aromatic heterocycles. The van der Waals surface area contributed by atoms with Crippen LogP contribution in [0.25, 0.3) is 0 Å². The quantitative estimate of drug-likeness (QED) is 0.479. The Kier molecular flexibility index (Phi) is 6.17. The van der Waals surface area contributed by atoms with Crippen molar-refractivity contribution in [3.05, 3.63) is 81.3 Å². The van der Waals surface area contributed by atoms with Gasteiger partial charge in [-0.1, -0.05) is 29.3 Å². The topological polar surface area (TPSA) is 78.8 Å². The number of nitrogens with zero attached hydrogens (tertiary/aromatic N) is 1. The number of aliphatic imine (C=N–C) groups is 1. The number of hydrogen-bond acceptors (Lipinski definition) is 4. The molecule has 0 saturated heterocycles. The third kappa shape index (κ3) is 5.29. The summed E-state index contributed by atoms with van der Waals surface area (Å²) < 4.78 is 27.8. The summed E-state index contributed by atoms with van der Waals surface area (Å²) in [5.74, 6) is -0.128. The number of phenols is 1. The van der Waals surface area contributed by atoms with Gasteiger partial charge in [0.25, 0.3) is 10.0 Å². The lowest BCUT2D eigenvalue weighted by molar-refractivity contribution is 0.475. The smallest absolute Gasteiger partial charge is 0.261 e. The van der Waals surface area contributed by atoms with E-state index in [0.29, 0.717) is 22.0 Å². The van der Waals surface area contributed by atoms with Crippen LogP contribution in [-0.2, 0) is 10.0 Å². The molecule has 0 aliphatic carbocycles. The molecule has 2 N–H and O–H groups in total. The highest BCUT2D eigenvalue weighted by molar-refractivity contribution is 7.92. The van der Waals surface area contributed by atoms with Crippen LogP contribution >= 0.6 is 23.2 Å². The summed E-state index contributed by atoms with van der Waals surface area (Å²) in [6.07, 6.45) is 1.41. The molecule has 0 fully saturated rings. The molecule has 0 unspecified atom stereocenters. The Morgan fingerprint density at radius 3 is 2.21 bits per heavy atom. The third-order valence-corrected chi connectivity index (χ3v) is 5.93. The van der Waals surface area contributed by atoms with E-state index in [1.165, 1.54) is 30.5 Å². The first-order valence-corrected chi connectivity index (χ1v) is 10.8. The maximum atomic E-state index is 12.6. The van der Waals surface area contributed by atoms with Crippen LogP contribution in [0.15, 0.2) is 64.5 Å². The van der Waals surface area contributed by atoms with Gasteiger partial charge in [-0.25, -0.2) is 8.42 Å². The lowest BCUT2D eigenvalue weighted by atomic mass is 10.1. The van der Waals surface area contributed by atoms with Crippen molar-refractivity contribution in [2.24, 2.45) is 4.99 Å². The molecule has 5 nitrogen and oxygen atoms in total. The van der Waals surface area contributed by atoms with Crippen LogP contribution in [0, 0.1) is 13.8 Å². The standard InChI is InChI=1S/C21H18Cl2N2O3S/c1-13-7-14(2)9-18(8-13)25-29(27,28)19-5-3-17(4-6-19)24-12-15-10-16(22)11-20(23)21(15)26/h3-12,25-26H,1-2H3. The van der Waals surface area contributed by atoms with Crippen LogP contribution < -0.4 is 4.72 Å². The number of benzene rings is 3. The maximum Gasteiger partial charge on any atom is 0.261 e. The van der Waals surface area contributed by atoms with Gasteiger partial charge in [0.05, 0.1) is 15.6 Å². The molecule has 0 radical (unpaired) electrons. The van der Waals surface area contributed by atoms with Gasteiger partial charge in [0.15, 0.2) is 0 Å². The Morgan fingerprint density at radius 2 is 1.59 bits per heavy atom. The monoisotopic (exact) mass is 448 g/mol.